The van der Waals surface area contributed by atoms with Crippen LogP contribution < -0.4 is 0 Å². The molecule has 37 heavy (non-hydrogen) atoms. The van der Waals surface area contributed by atoms with E-state index in [0.717, 1.165) is 69.8 Å². The molecule has 4 fully saturated rings. The first-order valence-corrected chi connectivity index (χ1v) is 14.2. The molecular formula is C30H39N5O2. The van der Waals surface area contributed by atoms with Crippen LogP contribution in [0.5, 0.6) is 0 Å². The Labute approximate surface area is 220 Å². The van der Waals surface area contributed by atoms with Crippen molar-refractivity contribution in [2.24, 2.45) is 17.8 Å². The van der Waals surface area contributed by atoms with Crippen molar-refractivity contribution in [1.82, 2.24) is 24.7 Å². The Bertz CT molecular complexity index is 1110. The fourth-order valence-electron chi connectivity index (χ4n) is 7.24. The van der Waals surface area contributed by atoms with Gasteiger partial charge in [0.15, 0.2) is 0 Å². The molecule has 2 saturated carbocycles. The summed E-state index contributed by atoms with van der Waals surface area (Å²) in [6.07, 6.45) is 8.13. The third kappa shape index (κ3) is 4.90. The number of rotatable bonds is 6. The lowest BCUT2D eigenvalue weighted by Gasteiger charge is -2.47. The Morgan fingerprint density at radius 2 is 1.51 bits per heavy atom. The lowest BCUT2D eigenvalue weighted by Crippen LogP contribution is -2.57. The lowest BCUT2D eigenvalue weighted by atomic mass is 9.88. The van der Waals surface area contributed by atoms with E-state index >= 15 is 0 Å². The summed E-state index contributed by atoms with van der Waals surface area (Å²) in [5, 5.41) is 0. The smallest absolute Gasteiger partial charge is 0.257 e. The quantitative estimate of drug-likeness (QED) is 0.602. The topological polar surface area (TPSA) is 69.6 Å². The van der Waals surface area contributed by atoms with Gasteiger partial charge in [0.05, 0.1) is 17.0 Å². The monoisotopic (exact) mass is 501 g/mol. The van der Waals surface area contributed by atoms with Crippen molar-refractivity contribution in [2.75, 3.05) is 26.2 Å². The molecule has 2 aliphatic heterocycles. The fourth-order valence-corrected chi connectivity index (χ4v) is 7.24. The van der Waals surface area contributed by atoms with Crippen LogP contribution in [0.3, 0.4) is 0 Å². The standard InChI is InChI=1S/C30H39N5O2/c1-20-27(21(2)32-19-31-20)30(37)34-17-24-10-11-25(18-34)28(24)33-14-12-26(13-15-33)35(29(36)23-8-9-23)16-22-6-4-3-5-7-22/h3-7,19,23-26,28H,8-18H2,1-2H3. The van der Waals surface area contributed by atoms with Crippen LogP contribution in [0.25, 0.3) is 0 Å². The highest BCUT2D eigenvalue weighted by Gasteiger charge is 2.47. The SMILES string of the molecule is Cc1ncnc(C)c1C(=O)N1CC2CCC(C1)C2N1CCC(N(Cc2ccccc2)C(=O)C2CC2)CC1. The Balaban J connectivity index is 1.10. The van der Waals surface area contributed by atoms with E-state index in [1.807, 2.05) is 19.9 Å². The molecule has 1 aromatic carbocycles. The number of likely N-dealkylation sites (tertiary alicyclic amines) is 2. The fraction of sp³-hybridized carbons (Fsp3) is 0.600. The molecular weight excluding hydrogens is 462 g/mol. The van der Waals surface area contributed by atoms with Crippen LogP contribution in [0, 0.1) is 31.6 Å². The largest absolute Gasteiger partial charge is 0.338 e. The molecule has 0 N–H and O–H groups in total. The van der Waals surface area contributed by atoms with Gasteiger partial charge < -0.3 is 9.80 Å². The number of amides is 2. The van der Waals surface area contributed by atoms with Gasteiger partial charge in [0.2, 0.25) is 5.91 Å². The average Bonchev–Trinajstić information content (AvgIpc) is 3.72. The zero-order valence-corrected chi connectivity index (χ0v) is 22.2. The number of piperidine rings is 2. The third-order valence-corrected chi connectivity index (χ3v) is 9.28. The van der Waals surface area contributed by atoms with Gasteiger partial charge >= 0.3 is 0 Å². The van der Waals surface area contributed by atoms with E-state index in [2.05, 4.69) is 48.9 Å². The van der Waals surface area contributed by atoms with Gasteiger partial charge in [0.1, 0.15) is 6.33 Å². The average molecular weight is 502 g/mol. The molecule has 3 heterocycles. The van der Waals surface area contributed by atoms with Gasteiger partial charge in [0.25, 0.3) is 5.91 Å². The van der Waals surface area contributed by atoms with E-state index in [1.54, 1.807) is 6.33 Å². The molecule has 196 valence electrons. The van der Waals surface area contributed by atoms with Crippen LogP contribution in [0.2, 0.25) is 0 Å². The molecule has 7 nitrogen and oxygen atoms in total. The molecule has 0 spiro atoms. The van der Waals surface area contributed by atoms with Gasteiger partial charge in [-0.15, -0.1) is 0 Å². The van der Waals surface area contributed by atoms with Crippen LogP contribution in [0.1, 0.15) is 65.8 Å². The number of hydrogen-bond donors (Lipinski definition) is 0. The molecule has 0 radical (unpaired) electrons. The predicted octanol–water partition coefficient (Wildman–Crippen LogP) is 3.85. The second kappa shape index (κ2) is 10.2. The van der Waals surface area contributed by atoms with Gasteiger partial charge in [-0.25, -0.2) is 9.97 Å². The van der Waals surface area contributed by atoms with Crippen molar-refractivity contribution >= 4 is 11.8 Å². The van der Waals surface area contributed by atoms with E-state index in [1.165, 1.54) is 18.4 Å². The molecule has 2 aromatic rings. The van der Waals surface area contributed by atoms with Gasteiger partial charge in [0, 0.05) is 50.7 Å². The zero-order valence-electron chi connectivity index (χ0n) is 22.2. The molecule has 1 aromatic heterocycles. The molecule has 4 aliphatic rings. The maximum absolute atomic E-state index is 13.4. The Kier molecular flexibility index (Phi) is 6.74. The Morgan fingerprint density at radius 3 is 2.11 bits per heavy atom. The summed E-state index contributed by atoms with van der Waals surface area (Å²) in [6.45, 7) is 8.29. The minimum Gasteiger partial charge on any atom is -0.338 e. The maximum Gasteiger partial charge on any atom is 0.257 e. The summed E-state index contributed by atoms with van der Waals surface area (Å²) in [4.78, 5) is 42.2. The number of benzene rings is 1. The number of fused-ring (bicyclic) bond motifs is 2. The molecule has 7 heteroatoms. The highest BCUT2D eigenvalue weighted by molar-refractivity contribution is 5.96. The summed E-state index contributed by atoms with van der Waals surface area (Å²) in [5.74, 6) is 1.77. The van der Waals surface area contributed by atoms with Crippen molar-refractivity contribution < 1.29 is 9.59 Å². The van der Waals surface area contributed by atoms with Crippen LogP contribution in [-0.4, -0.2) is 74.7 Å². The number of carbonyl (C=O) groups excluding carboxylic acids is 2. The second-order valence-electron chi connectivity index (χ2n) is 11.7. The number of nitrogens with zero attached hydrogens (tertiary/aromatic N) is 5. The Hall–Kier alpha value is -2.80. The van der Waals surface area contributed by atoms with Gasteiger partial charge in [-0.3, -0.25) is 14.5 Å². The first kappa shape index (κ1) is 24.5. The normalized spacial score (nSPS) is 26.3. The zero-order chi connectivity index (χ0) is 25.5. The van der Waals surface area contributed by atoms with E-state index in [-0.39, 0.29) is 11.8 Å². The first-order valence-electron chi connectivity index (χ1n) is 14.2. The van der Waals surface area contributed by atoms with Crippen molar-refractivity contribution in [1.29, 1.82) is 0 Å². The van der Waals surface area contributed by atoms with Crippen LogP contribution in [0.15, 0.2) is 36.7 Å². The Morgan fingerprint density at radius 1 is 0.892 bits per heavy atom. The van der Waals surface area contributed by atoms with Crippen molar-refractivity contribution in [3.05, 3.63) is 59.2 Å². The minimum atomic E-state index is 0.0970. The number of carbonyl (C=O) groups is 2. The molecule has 2 bridgehead atoms. The number of aryl methyl sites for hydroxylation is 2. The molecule has 2 unspecified atom stereocenters. The summed E-state index contributed by atoms with van der Waals surface area (Å²) < 4.78 is 0. The van der Waals surface area contributed by atoms with Crippen LogP contribution in [-0.2, 0) is 11.3 Å². The van der Waals surface area contributed by atoms with Gasteiger partial charge in [-0.05, 0) is 69.8 Å². The van der Waals surface area contributed by atoms with E-state index in [4.69, 9.17) is 0 Å². The van der Waals surface area contributed by atoms with E-state index in [0.29, 0.717) is 35.4 Å². The maximum atomic E-state index is 13.4. The second-order valence-corrected chi connectivity index (χ2v) is 11.7. The van der Waals surface area contributed by atoms with Crippen LogP contribution in [0.4, 0.5) is 0 Å². The summed E-state index contributed by atoms with van der Waals surface area (Å²) in [6, 6.07) is 11.3. The number of hydrogen-bond acceptors (Lipinski definition) is 5. The predicted molar refractivity (Wildman–Crippen MR) is 142 cm³/mol. The third-order valence-electron chi connectivity index (χ3n) is 9.28. The summed E-state index contributed by atoms with van der Waals surface area (Å²) in [5.41, 5.74) is 3.45. The summed E-state index contributed by atoms with van der Waals surface area (Å²) in [7, 11) is 0. The first-order chi connectivity index (χ1) is 18.0. The van der Waals surface area contributed by atoms with Crippen molar-refractivity contribution in [3.63, 3.8) is 0 Å². The molecule has 2 amide bonds. The number of aromatic nitrogens is 2. The van der Waals surface area contributed by atoms with E-state index < -0.39 is 0 Å². The highest BCUT2D eigenvalue weighted by Crippen LogP contribution is 2.42. The van der Waals surface area contributed by atoms with Crippen LogP contribution >= 0.6 is 0 Å². The van der Waals surface area contributed by atoms with Crippen molar-refractivity contribution in [3.8, 4) is 0 Å². The van der Waals surface area contributed by atoms with Gasteiger partial charge in [-0.2, -0.15) is 0 Å². The van der Waals surface area contributed by atoms with Crippen molar-refractivity contribution in [2.45, 2.75) is 71.0 Å². The molecule has 6 rings (SSSR count). The van der Waals surface area contributed by atoms with E-state index in [9.17, 15) is 9.59 Å². The summed E-state index contributed by atoms with van der Waals surface area (Å²) >= 11 is 0. The lowest BCUT2D eigenvalue weighted by molar-refractivity contribution is -0.137. The molecule has 2 saturated heterocycles. The molecule has 2 aliphatic carbocycles. The highest BCUT2D eigenvalue weighted by atomic mass is 16.2. The van der Waals surface area contributed by atoms with Gasteiger partial charge in [-0.1, -0.05) is 30.3 Å². The molecule has 2 atom stereocenters. The minimum absolute atomic E-state index is 0.0970.